The fourth-order valence-corrected chi connectivity index (χ4v) is 4.46. The number of aromatic nitrogens is 2. The van der Waals surface area contributed by atoms with Gasteiger partial charge in [0.25, 0.3) is 15.6 Å². The molecule has 0 N–H and O–H groups in total. The van der Waals surface area contributed by atoms with Crippen molar-refractivity contribution in [2.75, 3.05) is 11.4 Å². The van der Waals surface area contributed by atoms with Crippen LogP contribution in [0.5, 0.6) is 5.75 Å². The maximum atomic E-state index is 12.8. The highest BCUT2D eigenvalue weighted by molar-refractivity contribution is 7.92. The molecule has 0 aliphatic carbocycles. The van der Waals surface area contributed by atoms with Crippen LogP contribution in [0.15, 0.2) is 82.6 Å². The Labute approximate surface area is 190 Å². The number of nitrogens with zero attached hydrogens (tertiary/aromatic N) is 3. The molecule has 0 fully saturated rings. The molecule has 2 heterocycles. The number of anilines is 1. The Morgan fingerprint density at radius 2 is 1.72 bits per heavy atom. The maximum absolute atomic E-state index is 12.8. The SMILES string of the molecule is Cc1ccn2c(=O)cc(COc3ccc(N(C)S(=O)(=O)c4ccc(Cl)cc4)cc3)nc2c1. The van der Waals surface area contributed by atoms with Crippen LogP contribution >= 0.6 is 11.6 Å². The Hall–Kier alpha value is -3.36. The monoisotopic (exact) mass is 469 g/mol. The summed E-state index contributed by atoms with van der Waals surface area (Å²) in [6, 6.07) is 17.7. The molecule has 0 unspecified atom stereocenters. The number of hydrogen-bond acceptors (Lipinski definition) is 5. The first-order valence-electron chi connectivity index (χ1n) is 9.70. The topological polar surface area (TPSA) is 81.0 Å². The first-order valence-corrected chi connectivity index (χ1v) is 11.5. The van der Waals surface area contributed by atoms with Crippen LogP contribution < -0.4 is 14.6 Å². The molecular weight excluding hydrogens is 450 g/mol. The van der Waals surface area contributed by atoms with Crippen LogP contribution in [-0.2, 0) is 16.6 Å². The molecule has 7 nitrogen and oxygen atoms in total. The number of fused-ring (bicyclic) bond motifs is 1. The molecule has 2 aromatic heterocycles. The van der Waals surface area contributed by atoms with Gasteiger partial charge in [0.2, 0.25) is 0 Å². The van der Waals surface area contributed by atoms with E-state index in [9.17, 15) is 13.2 Å². The van der Waals surface area contributed by atoms with Crippen molar-refractivity contribution in [2.24, 2.45) is 0 Å². The van der Waals surface area contributed by atoms with E-state index in [0.717, 1.165) is 5.56 Å². The van der Waals surface area contributed by atoms with Gasteiger partial charge in [-0.05, 0) is 73.2 Å². The van der Waals surface area contributed by atoms with Crippen LogP contribution in [0.4, 0.5) is 5.69 Å². The normalized spacial score (nSPS) is 11.5. The molecule has 0 saturated heterocycles. The standard InChI is InChI=1S/C23H20ClN3O4S/c1-16-11-12-27-22(13-16)25-18(14-23(27)28)15-31-20-7-5-19(6-8-20)26(2)32(29,30)21-9-3-17(24)4-10-21/h3-14H,15H2,1-2H3. The minimum absolute atomic E-state index is 0.109. The van der Waals surface area contributed by atoms with Crippen molar-refractivity contribution in [3.8, 4) is 5.75 Å². The second-order valence-electron chi connectivity index (χ2n) is 7.23. The Bertz CT molecular complexity index is 1430. The molecule has 0 aliphatic heterocycles. The summed E-state index contributed by atoms with van der Waals surface area (Å²) in [5.41, 5.74) is 2.36. The molecule has 0 amide bonds. The Morgan fingerprint density at radius 3 is 2.41 bits per heavy atom. The number of hydrogen-bond donors (Lipinski definition) is 0. The van der Waals surface area contributed by atoms with Crippen molar-refractivity contribution in [3.05, 3.63) is 99.6 Å². The van der Waals surface area contributed by atoms with Gasteiger partial charge in [-0.25, -0.2) is 13.4 Å². The smallest absolute Gasteiger partial charge is 0.264 e. The van der Waals surface area contributed by atoms with Crippen LogP contribution in [-0.4, -0.2) is 24.9 Å². The highest BCUT2D eigenvalue weighted by Crippen LogP contribution is 2.25. The molecule has 2 aromatic carbocycles. The van der Waals surface area contributed by atoms with Gasteiger partial charge in [-0.15, -0.1) is 0 Å². The summed E-state index contributed by atoms with van der Waals surface area (Å²) >= 11 is 5.85. The van der Waals surface area contributed by atoms with E-state index in [2.05, 4.69) is 4.98 Å². The first kappa shape index (κ1) is 21.9. The molecule has 0 bridgehead atoms. The summed E-state index contributed by atoms with van der Waals surface area (Å²) in [6.45, 7) is 2.04. The van der Waals surface area contributed by atoms with Gasteiger partial charge < -0.3 is 4.74 Å². The van der Waals surface area contributed by atoms with Crippen LogP contribution in [0.3, 0.4) is 0 Å². The van der Waals surface area contributed by atoms with Gasteiger partial charge >= 0.3 is 0 Å². The van der Waals surface area contributed by atoms with Crippen molar-refractivity contribution in [1.29, 1.82) is 0 Å². The Balaban J connectivity index is 1.49. The van der Waals surface area contributed by atoms with Gasteiger partial charge in [0, 0.05) is 24.3 Å². The van der Waals surface area contributed by atoms with E-state index in [1.54, 1.807) is 30.5 Å². The van der Waals surface area contributed by atoms with Gasteiger partial charge in [-0.1, -0.05) is 11.6 Å². The van der Waals surface area contributed by atoms with E-state index in [0.29, 0.717) is 27.8 Å². The zero-order valence-electron chi connectivity index (χ0n) is 17.4. The summed E-state index contributed by atoms with van der Waals surface area (Å²) in [5, 5.41) is 0.465. The zero-order valence-corrected chi connectivity index (χ0v) is 19.0. The van der Waals surface area contributed by atoms with Gasteiger partial charge in [-0.3, -0.25) is 13.5 Å². The van der Waals surface area contributed by atoms with E-state index in [-0.39, 0.29) is 17.1 Å². The number of sulfonamides is 1. The fraction of sp³-hybridized carbons (Fsp3) is 0.130. The summed E-state index contributed by atoms with van der Waals surface area (Å²) in [5.74, 6) is 0.525. The van der Waals surface area contributed by atoms with Gasteiger partial charge in [-0.2, -0.15) is 0 Å². The van der Waals surface area contributed by atoms with E-state index < -0.39 is 10.0 Å². The average molecular weight is 470 g/mol. The highest BCUT2D eigenvalue weighted by Gasteiger charge is 2.21. The summed E-state index contributed by atoms with van der Waals surface area (Å²) in [4.78, 5) is 16.9. The summed E-state index contributed by atoms with van der Waals surface area (Å²) in [7, 11) is -2.24. The number of rotatable bonds is 6. The van der Waals surface area contributed by atoms with Crippen molar-refractivity contribution in [3.63, 3.8) is 0 Å². The molecule has 164 valence electrons. The highest BCUT2D eigenvalue weighted by atomic mass is 35.5. The van der Waals surface area contributed by atoms with E-state index >= 15 is 0 Å². The van der Waals surface area contributed by atoms with Crippen molar-refractivity contribution >= 4 is 33.0 Å². The molecule has 0 aliphatic rings. The molecule has 4 aromatic rings. The third-order valence-corrected chi connectivity index (χ3v) is 6.99. The number of ether oxygens (including phenoxy) is 1. The molecule has 32 heavy (non-hydrogen) atoms. The van der Waals surface area contributed by atoms with Crippen molar-refractivity contribution in [1.82, 2.24) is 9.38 Å². The summed E-state index contributed by atoms with van der Waals surface area (Å²) < 4.78 is 34.0. The van der Waals surface area contributed by atoms with Crippen LogP contribution in [0.25, 0.3) is 5.65 Å². The first-order chi connectivity index (χ1) is 15.2. The van der Waals surface area contributed by atoms with Gasteiger partial charge in [0.1, 0.15) is 18.0 Å². The zero-order chi connectivity index (χ0) is 22.9. The third kappa shape index (κ3) is 4.46. The predicted octanol–water partition coefficient (Wildman–Crippen LogP) is 4.06. The Kier molecular flexibility index (Phi) is 5.90. The van der Waals surface area contributed by atoms with Crippen LogP contribution in [0, 0.1) is 6.92 Å². The average Bonchev–Trinajstić information content (AvgIpc) is 2.77. The van der Waals surface area contributed by atoms with Gasteiger partial charge in [0.15, 0.2) is 0 Å². The predicted molar refractivity (Wildman–Crippen MR) is 124 cm³/mol. The second-order valence-corrected chi connectivity index (χ2v) is 9.63. The lowest BCUT2D eigenvalue weighted by Crippen LogP contribution is -2.26. The second kappa shape index (κ2) is 8.64. The number of benzene rings is 2. The van der Waals surface area contributed by atoms with E-state index in [4.69, 9.17) is 16.3 Å². The number of halogens is 1. The lowest BCUT2D eigenvalue weighted by atomic mass is 10.3. The van der Waals surface area contributed by atoms with E-state index in [1.165, 1.54) is 46.1 Å². The van der Waals surface area contributed by atoms with Crippen molar-refractivity contribution in [2.45, 2.75) is 18.4 Å². The molecule has 0 radical (unpaired) electrons. The third-order valence-electron chi connectivity index (χ3n) is 4.93. The minimum atomic E-state index is -3.72. The summed E-state index contributed by atoms with van der Waals surface area (Å²) in [6.07, 6.45) is 1.69. The number of aryl methyl sites for hydroxylation is 1. The van der Waals surface area contributed by atoms with Crippen LogP contribution in [0.1, 0.15) is 11.3 Å². The lowest BCUT2D eigenvalue weighted by molar-refractivity contribution is 0.301. The molecule has 0 saturated carbocycles. The van der Waals surface area contributed by atoms with Crippen molar-refractivity contribution < 1.29 is 13.2 Å². The Morgan fingerprint density at radius 1 is 1.03 bits per heavy atom. The molecule has 0 atom stereocenters. The molecular formula is C23H20ClN3O4S. The minimum Gasteiger partial charge on any atom is -0.487 e. The van der Waals surface area contributed by atoms with Crippen LogP contribution in [0.2, 0.25) is 5.02 Å². The van der Waals surface area contributed by atoms with Gasteiger partial charge in [0.05, 0.1) is 16.3 Å². The largest absolute Gasteiger partial charge is 0.487 e. The molecule has 9 heteroatoms. The molecule has 4 rings (SSSR count). The maximum Gasteiger partial charge on any atom is 0.264 e. The molecule has 0 spiro atoms. The van der Waals surface area contributed by atoms with E-state index in [1.807, 2.05) is 19.1 Å². The lowest BCUT2D eigenvalue weighted by Gasteiger charge is -2.20. The fourth-order valence-electron chi connectivity index (χ4n) is 3.14. The quantitative estimate of drug-likeness (QED) is 0.425. The number of pyridine rings is 1.